The molecule has 0 saturated heterocycles. The molecular formula is C26H28ClN2O3+. The summed E-state index contributed by atoms with van der Waals surface area (Å²) in [6, 6.07) is 21.4. The number of hydrogen-bond acceptors (Lipinski definition) is 4. The molecule has 1 aliphatic rings. The number of rotatable bonds is 7. The quantitative estimate of drug-likeness (QED) is 0.483. The summed E-state index contributed by atoms with van der Waals surface area (Å²) in [6.07, 6.45) is 2.08. The van der Waals surface area contributed by atoms with Gasteiger partial charge in [-0.25, -0.2) is 0 Å². The van der Waals surface area contributed by atoms with Crippen LogP contribution in [0, 0.1) is 0 Å². The van der Waals surface area contributed by atoms with Crippen molar-refractivity contribution in [1.82, 2.24) is 5.32 Å². The molecule has 5 nitrogen and oxygen atoms in total. The highest BCUT2D eigenvalue weighted by atomic mass is 35.5. The number of ether oxygens (including phenoxy) is 2. The molecule has 0 bridgehead atoms. The SMILES string of the molecule is CCOc1ccc(C2=CC(c3cccc(OCC)c3O)[NH2+]C(c3ccc(Cl)cc3)N2)cc1. The number of para-hydroxylation sites is 1. The first-order valence-corrected chi connectivity index (χ1v) is 11.2. The van der Waals surface area contributed by atoms with Crippen molar-refractivity contribution in [3.63, 3.8) is 0 Å². The average molecular weight is 452 g/mol. The Morgan fingerprint density at radius 2 is 1.66 bits per heavy atom. The van der Waals surface area contributed by atoms with Gasteiger partial charge in [-0.1, -0.05) is 17.7 Å². The normalized spacial score (nSPS) is 17.9. The summed E-state index contributed by atoms with van der Waals surface area (Å²) in [6.45, 7) is 5.00. The molecule has 3 aromatic rings. The van der Waals surface area contributed by atoms with Crippen molar-refractivity contribution in [2.45, 2.75) is 26.1 Å². The standard InChI is InChI=1S/C26H27ClN2O3/c1-3-31-20-14-10-17(11-15-20)22-16-23(21-6-5-7-24(25(21)30)32-4-2)29-26(28-22)18-8-12-19(27)13-9-18/h5-16,23,26,28-30H,3-4H2,1-2H3/p+1. The van der Waals surface area contributed by atoms with Gasteiger partial charge in [-0.3, -0.25) is 0 Å². The summed E-state index contributed by atoms with van der Waals surface area (Å²) in [7, 11) is 0. The zero-order chi connectivity index (χ0) is 22.5. The summed E-state index contributed by atoms with van der Waals surface area (Å²) in [5.41, 5.74) is 3.93. The van der Waals surface area contributed by atoms with Gasteiger partial charge in [0, 0.05) is 22.4 Å². The molecule has 2 unspecified atom stereocenters. The van der Waals surface area contributed by atoms with E-state index in [9.17, 15) is 5.11 Å². The van der Waals surface area contributed by atoms with Gasteiger partial charge in [0.2, 0.25) is 0 Å². The molecule has 6 heteroatoms. The molecule has 1 aliphatic heterocycles. The fraction of sp³-hybridized carbons (Fsp3) is 0.231. The third kappa shape index (κ3) is 4.85. The molecule has 0 amide bonds. The van der Waals surface area contributed by atoms with Crippen molar-refractivity contribution < 1.29 is 19.9 Å². The summed E-state index contributed by atoms with van der Waals surface area (Å²) in [5, 5.41) is 17.4. The maximum absolute atomic E-state index is 10.9. The minimum absolute atomic E-state index is 0.0565. The molecule has 4 rings (SSSR count). The van der Waals surface area contributed by atoms with Crippen molar-refractivity contribution in [3.05, 3.63) is 94.5 Å². The molecule has 0 aromatic heterocycles. The van der Waals surface area contributed by atoms with E-state index in [4.69, 9.17) is 21.1 Å². The number of phenols is 1. The predicted molar refractivity (Wildman–Crippen MR) is 127 cm³/mol. The Kier molecular flexibility index (Phi) is 6.88. The minimum Gasteiger partial charge on any atom is -0.504 e. The predicted octanol–water partition coefficient (Wildman–Crippen LogP) is 4.79. The van der Waals surface area contributed by atoms with E-state index in [0.29, 0.717) is 24.0 Å². The number of aromatic hydroxyl groups is 1. The molecule has 1 heterocycles. The maximum Gasteiger partial charge on any atom is 0.186 e. The maximum atomic E-state index is 10.9. The summed E-state index contributed by atoms with van der Waals surface area (Å²) in [5.74, 6) is 1.51. The number of halogens is 1. The lowest BCUT2D eigenvalue weighted by Gasteiger charge is -2.30. The second kappa shape index (κ2) is 9.98. The second-order valence-electron chi connectivity index (χ2n) is 7.56. The third-order valence-electron chi connectivity index (χ3n) is 5.45. The molecule has 0 fully saturated rings. The van der Waals surface area contributed by atoms with Gasteiger partial charge in [-0.15, -0.1) is 0 Å². The van der Waals surface area contributed by atoms with Crippen LogP contribution in [0.15, 0.2) is 72.8 Å². The van der Waals surface area contributed by atoms with E-state index in [2.05, 4.69) is 16.7 Å². The van der Waals surface area contributed by atoms with E-state index in [-0.39, 0.29) is 18.0 Å². The lowest BCUT2D eigenvalue weighted by Crippen LogP contribution is -2.89. The zero-order valence-corrected chi connectivity index (χ0v) is 19.0. The number of quaternary nitrogens is 1. The van der Waals surface area contributed by atoms with Crippen LogP contribution in [0.4, 0.5) is 0 Å². The smallest absolute Gasteiger partial charge is 0.186 e. The van der Waals surface area contributed by atoms with Crippen LogP contribution in [0.1, 0.15) is 42.7 Å². The van der Waals surface area contributed by atoms with Crippen molar-refractivity contribution in [1.29, 1.82) is 0 Å². The van der Waals surface area contributed by atoms with Gasteiger partial charge in [0.1, 0.15) is 11.8 Å². The molecule has 0 aliphatic carbocycles. The molecule has 4 N–H and O–H groups in total. The largest absolute Gasteiger partial charge is 0.504 e. The van der Waals surface area contributed by atoms with Crippen LogP contribution in [0.2, 0.25) is 5.02 Å². The zero-order valence-electron chi connectivity index (χ0n) is 18.2. The van der Waals surface area contributed by atoms with Crippen molar-refractivity contribution in [3.8, 4) is 17.2 Å². The van der Waals surface area contributed by atoms with Crippen LogP contribution in [0.25, 0.3) is 5.70 Å². The van der Waals surface area contributed by atoms with Crippen LogP contribution < -0.4 is 20.1 Å². The van der Waals surface area contributed by atoms with Gasteiger partial charge in [-0.2, -0.15) is 0 Å². The molecule has 2 atom stereocenters. The van der Waals surface area contributed by atoms with E-state index in [1.54, 1.807) is 6.07 Å². The highest BCUT2D eigenvalue weighted by Crippen LogP contribution is 2.35. The van der Waals surface area contributed by atoms with Crippen LogP contribution >= 0.6 is 11.6 Å². The molecule has 0 spiro atoms. The van der Waals surface area contributed by atoms with Crippen molar-refractivity contribution in [2.75, 3.05) is 13.2 Å². The number of nitrogens with one attached hydrogen (secondary N) is 1. The summed E-state index contributed by atoms with van der Waals surface area (Å²) in [4.78, 5) is 0. The van der Waals surface area contributed by atoms with Gasteiger partial charge in [0.05, 0.1) is 18.8 Å². The first-order chi connectivity index (χ1) is 15.6. The first kappa shape index (κ1) is 22.1. The van der Waals surface area contributed by atoms with Gasteiger partial charge in [0.15, 0.2) is 17.7 Å². The van der Waals surface area contributed by atoms with Crippen molar-refractivity contribution >= 4 is 17.3 Å². The Balaban J connectivity index is 1.73. The lowest BCUT2D eigenvalue weighted by atomic mass is 9.97. The number of nitrogens with two attached hydrogens (primary N) is 1. The van der Waals surface area contributed by atoms with Crippen LogP contribution in [0.3, 0.4) is 0 Å². The minimum atomic E-state index is -0.112. The van der Waals surface area contributed by atoms with Crippen LogP contribution in [0.5, 0.6) is 17.2 Å². The van der Waals surface area contributed by atoms with Gasteiger partial charge < -0.3 is 25.2 Å². The fourth-order valence-electron chi connectivity index (χ4n) is 3.92. The van der Waals surface area contributed by atoms with Crippen LogP contribution in [-0.2, 0) is 0 Å². The highest BCUT2D eigenvalue weighted by Gasteiger charge is 2.30. The van der Waals surface area contributed by atoms with Gasteiger partial charge >= 0.3 is 0 Å². The molecule has 166 valence electrons. The number of benzene rings is 3. The Morgan fingerprint density at radius 1 is 0.938 bits per heavy atom. The average Bonchev–Trinajstić information content (AvgIpc) is 2.81. The van der Waals surface area contributed by atoms with E-state index in [1.807, 2.05) is 74.5 Å². The van der Waals surface area contributed by atoms with Crippen LogP contribution in [-0.4, -0.2) is 18.3 Å². The van der Waals surface area contributed by atoms with Gasteiger partial charge in [-0.05, 0) is 80.1 Å². The monoisotopic (exact) mass is 451 g/mol. The number of phenolic OH excluding ortho intramolecular Hbond substituents is 1. The lowest BCUT2D eigenvalue weighted by molar-refractivity contribution is -0.731. The Hall–Kier alpha value is -3.15. The van der Waals surface area contributed by atoms with Crippen molar-refractivity contribution in [2.24, 2.45) is 0 Å². The third-order valence-corrected chi connectivity index (χ3v) is 5.70. The van der Waals surface area contributed by atoms with E-state index in [1.165, 1.54) is 0 Å². The first-order valence-electron chi connectivity index (χ1n) is 10.9. The van der Waals surface area contributed by atoms with E-state index >= 15 is 0 Å². The number of hydrogen-bond donors (Lipinski definition) is 3. The van der Waals surface area contributed by atoms with E-state index < -0.39 is 0 Å². The molecular weight excluding hydrogens is 424 g/mol. The summed E-state index contributed by atoms with van der Waals surface area (Å²) >= 11 is 6.11. The molecule has 32 heavy (non-hydrogen) atoms. The molecule has 0 radical (unpaired) electrons. The molecule has 3 aromatic carbocycles. The molecule has 0 saturated carbocycles. The topological polar surface area (TPSA) is 67.3 Å². The fourth-order valence-corrected chi connectivity index (χ4v) is 4.05. The van der Waals surface area contributed by atoms with Gasteiger partial charge in [0.25, 0.3) is 0 Å². The summed E-state index contributed by atoms with van der Waals surface area (Å²) < 4.78 is 11.2. The second-order valence-corrected chi connectivity index (χ2v) is 7.99. The van der Waals surface area contributed by atoms with E-state index in [0.717, 1.165) is 28.1 Å². The Labute approximate surface area is 193 Å². The highest BCUT2D eigenvalue weighted by molar-refractivity contribution is 6.30. The Bertz CT molecular complexity index is 1080. The Morgan fingerprint density at radius 3 is 2.34 bits per heavy atom.